The number of aryl methyl sites for hydroxylation is 2. The highest BCUT2D eigenvalue weighted by atomic mass is 32.2. The molecule has 1 nitrogen and oxygen atoms in total. The molecule has 0 aliphatic heterocycles. The van der Waals surface area contributed by atoms with Gasteiger partial charge in [0.05, 0.1) is 0 Å². The monoisotopic (exact) mass is 264 g/mol. The van der Waals surface area contributed by atoms with Gasteiger partial charge in [0.2, 0.25) is 0 Å². The Labute approximate surface area is 111 Å². The SMILES string of the molecule is CSc1ccc(C(O)c2cc(C)sc2C)cc1. The largest absolute Gasteiger partial charge is 0.384 e. The van der Waals surface area contributed by atoms with Crippen molar-refractivity contribution in [1.29, 1.82) is 0 Å². The minimum atomic E-state index is -0.504. The molecule has 17 heavy (non-hydrogen) atoms. The van der Waals surface area contributed by atoms with Crippen LogP contribution in [0.4, 0.5) is 0 Å². The highest BCUT2D eigenvalue weighted by Gasteiger charge is 2.14. The maximum atomic E-state index is 10.3. The zero-order valence-electron chi connectivity index (χ0n) is 10.2. The molecule has 0 aliphatic carbocycles. The molecule has 0 spiro atoms. The summed E-state index contributed by atoms with van der Waals surface area (Å²) >= 11 is 3.45. The first-order valence-corrected chi connectivity index (χ1v) is 7.55. The van der Waals surface area contributed by atoms with Crippen LogP contribution in [0.1, 0.15) is 27.0 Å². The molecule has 0 bridgehead atoms. The van der Waals surface area contributed by atoms with Gasteiger partial charge in [-0.3, -0.25) is 0 Å². The Hall–Kier alpha value is -0.770. The smallest absolute Gasteiger partial charge is 0.105 e. The van der Waals surface area contributed by atoms with Gasteiger partial charge < -0.3 is 5.11 Å². The fourth-order valence-electron chi connectivity index (χ4n) is 1.89. The topological polar surface area (TPSA) is 20.2 Å². The van der Waals surface area contributed by atoms with Crippen LogP contribution in [0.3, 0.4) is 0 Å². The maximum absolute atomic E-state index is 10.3. The highest BCUT2D eigenvalue weighted by Crippen LogP contribution is 2.31. The molecule has 1 atom stereocenters. The van der Waals surface area contributed by atoms with Crippen molar-refractivity contribution in [3.63, 3.8) is 0 Å². The van der Waals surface area contributed by atoms with E-state index in [4.69, 9.17) is 0 Å². The second-order valence-corrected chi connectivity index (χ2v) is 6.38. The molecule has 0 radical (unpaired) electrons. The lowest BCUT2D eigenvalue weighted by Gasteiger charge is -2.11. The Kier molecular flexibility index (Phi) is 3.92. The average molecular weight is 264 g/mol. The van der Waals surface area contributed by atoms with Gasteiger partial charge in [-0.05, 0) is 49.4 Å². The number of rotatable bonds is 3. The first kappa shape index (κ1) is 12.7. The van der Waals surface area contributed by atoms with E-state index in [0.29, 0.717) is 0 Å². The van der Waals surface area contributed by atoms with E-state index in [9.17, 15) is 5.11 Å². The van der Waals surface area contributed by atoms with E-state index in [1.807, 2.05) is 12.1 Å². The van der Waals surface area contributed by atoms with Crippen LogP contribution in [0.15, 0.2) is 35.2 Å². The first-order valence-electron chi connectivity index (χ1n) is 5.50. The van der Waals surface area contributed by atoms with Crippen molar-refractivity contribution >= 4 is 23.1 Å². The summed E-state index contributed by atoms with van der Waals surface area (Å²) in [5.74, 6) is 0. The summed E-state index contributed by atoms with van der Waals surface area (Å²) in [6.07, 6.45) is 1.55. The quantitative estimate of drug-likeness (QED) is 0.840. The van der Waals surface area contributed by atoms with E-state index in [1.165, 1.54) is 14.6 Å². The molecule has 0 amide bonds. The predicted octanol–water partition coefficient (Wildman–Crippen LogP) is 4.17. The summed E-state index contributed by atoms with van der Waals surface area (Å²) in [5, 5.41) is 10.3. The standard InChI is InChI=1S/C14H16OS2/c1-9-8-13(10(2)17-9)14(15)11-4-6-12(16-3)7-5-11/h4-8,14-15H,1-3H3. The van der Waals surface area contributed by atoms with Gasteiger partial charge in [-0.1, -0.05) is 12.1 Å². The van der Waals surface area contributed by atoms with Gasteiger partial charge >= 0.3 is 0 Å². The molecule has 2 aromatic rings. The number of thioether (sulfide) groups is 1. The fourth-order valence-corrected chi connectivity index (χ4v) is 3.25. The number of hydrogen-bond acceptors (Lipinski definition) is 3. The van der Waals surface area contributed by atoms with Gasteiger partial charge in [-0.15, -0.1) is 23.1 Å². The number of aliphatic hydroxyl groups excluding tert-OH is 1. The van der Waals surface area contributed by atoms with E-state index in [2.05, 4.69) is 38.3 Å². The first-order chi connectivity index (χ1) is 8.11. The van der Waals surface area contributed by atoms with Gasteiger partial charge in [0.1, 0.15) is 6.10 Å². The summed E-state index contributed by atoms with van der Waals surface area (Å²) in [6.45, 7) is 4.14. The van der Waals surface area contributed by atoms with E-state index in [-0.39, 0.29) is 0 Å². The third kappa shape index (κ3) is 2.73. The van der Waals surface area contributed by atoms with Gasteiger partial charge in [0.15, 0.2) is 0 Å². The Morgan fingerprint density at radius 2 is 1.82 bits per heavy atom. The van der Waals surface area contributed by atoms with Crippen LogP contribution in [0.2, 0.25) is 0 Å². The molecular weight excluding hydrogens is 248 g/mol. The van der Waals surface area contributed by atoms with Crippen LogP contribution in [-0.4, -0.2) is 11.4 Å². The van der Waals surface area contributed by atoms with Crippen LogP contribution in [0.5, 0.6) is 0 Å². The van der Waals surface area contributed by atoms with Crippen molar-refractivity contribution in [2.45, 2.75) is 24.8 Å². The lowest BCUT2D eigenvalue weighted by Crippen LogP contribution is -1.99. The van der Waals surface area contributed by atoms with Gasteiger partial charge in [0.25, 0.3) is 0 Å². The molecule has 1 unspecified atom stereocenters. The van der Waals surface area contributed by atoms with E-state index in [1.54, 1.807) is 23.1 Å². The minimum Gasteiger partial charge on any atom is -0.384 e. The van der Waals surface area contributed by atoms with Crippen LogP contribution in [0.25, 0.3) is 0 Å². The third-order valence-electron chi connectivity index (χ3n) is 2.81. The number of aliphatic hydroxyl groups is 1. The molecule has 3 heteroatoms. The van der Waals surface area contributed by atoms with E-state index < -0.39 is 6.10 Å². The summed E-state index contributed by atoms with van der Waals surface area (Å²) in [6, 6.07) is 10.2. The van der Waals surface area contributed by atoms with Gasteiger partial charge in [-0.25, -0.2) is 0 Å². The lowest BCUT2D eigenvalue weighted by molar-refractivity contribution is 0.220. The zero-order chi connectivity index (χ0) is 12.4. The van der Waals surface area contributed by atoms with Gasteiger partial charge in [-0.2, -0.15) is 0 Å². The maximum Gasteiger partial charge on any atom is 0.105 e. The van der Waals surface area contributed by atoms with E-state index in [0.717, 1.165) is 11.1 Å². The van der Waals surface area contributed by atoms with Crippen molar-refractivity contribution in [3.8, 4) is 0 Å². The molecule has 0 aliphatic rings. The van der Waals surface area contributed by atoms with Crippen molar-refractivity contribution in [3.05, 3.63) is 51.2 Å². The Morgan fingerprint density at radius 3 is 2.29 bits per heavy atom. The number of thiophene rings is 1. The van der Waals surface area contributed by atoms with Crippen molar-refractivity contribution < 1.29 is 5.11 Å². The fraction of sp³-hybridized carbons (Fsp3) is 0.286. The van der Waals surface area contributed by atoms with E-state index >= 15 is 0 Å². The summed E-state index contributed by atoms with van der Waals surface area (Å²) in [4.78, 5) is 3.67. The Morgan fingerprint density at radius 1 is 1.18 bits per heavy atom. The predicted molar refractivity (Wildman–Crippen MR) is 76.1 cm³/mol. The molecule has 0 saturated carbocycles. The number of benzene rings is 1. The van der Waals surface area contributed by atoms with Crippen LogP contribution < -0.4 is 0 Å². The molecule has 1 heterocycles. The average Bonchev–Trinajstić information content (AvgIpc) is 2.68. The lowest BCUT2D eigenvalue weighted by atomic mass is 10.0. The van der Waals surface area contributed by atoms with Crippen molar-refractivity contribution in [1.82, 2.24) is 0 Å². The minimum absolute atomic E-state index is 0.504. The summed E-state index contributed by atoms with van der Waals surface area (Å²) in [7, 11) is 0. The zero-order valence-corrected chi connectivity index (χ0v) is 11.9. The van der Waals surface area contributed by atoms with Crippen LogP contribution in [0, 0.1) is 13.8 Å². The van der Waals surface area contributed by atoms with Crippen molar-refractivity contribution in [2.24, 2.45) is 0 Å². The van der Waals surface area contributed by atoms with Crippen LogP contribution in [-0.2, 0) is 0 Å². The number of hydrogen-bond donors (Lipinski definition) is 1. The van der Waals surface area contributed by atoms with Gasteiger partial charge in [0, 0.05) is 14.6 Å². The molecule has 1 aromatic carbocycles. The normalized spacial score (nSPS) is 12.7. The molecular formula is C14H16OS2. The third-order valence-corrected chi connectivity index (χ3v) is 4.53. The van der Waals surface area contributed by atoms with Crippen molar-refractivity contribution in [2.75, 3.05) is 6.26 Å². The van der Waals surface area contributed by atoms with Crippen LogP contribution >= 0.6 is 23.1 Å². The molecule has 2 rings (SSSR count). The molecule has 90 valence electrons. The second-order valence-electron chi connectivity index (χ2n) is 4.04. The molecule has 1 N–H and O–H groups in total. The Balaban J connectivity index is 2.30. The summed E-state index contributed by atoms with van der Waals surface area (Å²) < 4.78 is 0. The highest BCUT2D eigenvalue weighted by molar-refractivity contribution is 7.98. The molecule has 0 fully saturated rings. The molecule has 0 saturated heterocycles. The second kappa shape index (κ2) is 5.25. The summed E-state index contributed by atoms with van der Waals surface area (Å²) in [5.41, 5.74) is 1.99. The molecule has 1 aromatic heterocycles. The Bertz CT molecular complexity index is 499.